The van der Waals surface area contributed by atoms with E-state index in [2.05, 4.69) is 23.2 Å². The lowest BCUT2D eigenvalue weighted by atomic mass is 10.1. The largest absolute Gasteiger partial charge is 0.497 e. The molecule has 1 aromatic heterocycles. The van der Waals surface area contributed by atoms with Gasteiger partial charge >= 0.3 is 0 Å². The Balaban J connectivity index is 1.31. The van der Waals surface area contributed by atoms with Gasteiger partial charge in [0.25, 0.3) is 5.91 Å². The Bertz CT molecular complexity index is 1040. The first-order chi connectivity index (χ1) is 15.5. The minimum Gasteiger partial charge on any atom is -0.497 e. The number of likely N-dealkylation sites (tertiary alicyclic amines) is 1. The molecule has 0 bridgehead atoms. The summed E-state index contributed by atoms with van der Waals surface area (Å²) in [6.07, 6.45) is 3.62. The molecule has 4 rings (SSSR count). The quantitative estimate of drug-likeness (QED) is 0.575. The number of amides is 1. The average molecular weight is 432 g/mol. The molecule has 0 saturated carbocycles. The van der Waals surface area contributed by atoms with Crippen LogP contribution in [0.25, 0.3) is 11.1 Å². The zero-order valence-electron chi connectivity index (χ0n) is 18.8. The molecule has 1 aliphatic rings. The summed E-state index contributed by atoms with van der Waals surface area (Å²) in [4.78, 5) is 21.1. The van der Waals surface area contributed by atoms with Crippen molar-refractivity contribution in [2.75, 3.05) is 39.2 Å². The van der Waals surface area contributed by atoms with Gasteiger partial charge in [0.2, 0.25) is 0 Å². The van der Waals surface area contributed by atoms with Crippen molar-refractivity contribution in [3.8, 4) is 22.6 Å². The van der Waals surface area contributed by atoms with Crippen molar-refractivity contribution in [3.63, 3.8) is 0 Å². The molecule has 2 aromatic carbocycles. The number of ether oxygens (including phenoxy) is 2. The Hall–Kier alpha value is -3.54. The molecule has 1 aliphatic heterocycles. The topological polar surface area (TPSA) is 54.9 Å². The summed E-state index contributed by atoms with van der Waals surface area (Å²) in [7, 11) is 5.57. The number of nitrogens with zero attached hydrogens (tertiary/aromatic N) is 3. The zero-order valence-corrected chi connectivity index (χ0v) is 18.8. The second-order valence-electron chi connectivity index (χ2n) is 8.17. The number of anilines is 1. The minimum atomic E-state index is 0.0422. The maximum atomic E-state index is 12.8. The summed E-state index contributed by atoms with van der Waals surface area (Å²) in [5, 5.41) is 0. The number of carbonyl (C=O) groups is 1. The highest BCUT2D eigenvalue weighted by Gasteiger charge is 2.25. The van der Waals surface area contributed by atoms with Gasteiger partial charge in [0.1, 0.15) is 23.4 Å². The molecule has 32 heavy (non-hydrogen) atoms. The van der Waals surface area contributed by atoms with E-state index < -0.39 is 0 Å². The van der Waals surface area contributed by atoms with E-state index in [1.165, 1.54) is 0 Å². The van der Waals surface area contributed by atoms with E-state index in [9.17, 15) is 4.79 Å². The summed E-state index contributed by atoms with van der Waals surface area (Å²) >= 11 is 0. The molecule has 1 amide bonds. The summed E-state index contributed by atoms with van der Waals surface area (Å²) in [5.74, 6) is 2.52. The first-order valence-corrected chi connectivity index (χ1v) is 10.9. The lowest BCUT2D eigenvalue weighted by Gasteiger charge is -2.32. The zero-order chi connectivity index (χ0) is 22.5. The third kappa shape index (κ3) is 5.02. The van der Waals surface area contributed by atoms with Crippen LogP contribution in [0.2, 0.25) is 0 Å². The minimum absolute atomic E-state index is 0.0422. The number of pyridine rings is 1. The predicted octanol–water partition coefficient (Wildman–Crippen LogP) is 4.51. The van der Waals surface area contributed by atoms with Crippen molar-refractivity contribution < 1.29 is 14.3 Å². The average Bonchev–Trinajstić information content (AvgIpc) is 2.84. The number of aromatic nitrogens is 1. The van der Waals surface area contributed by atoms with E-state index in [1.54, 1.807) is 13.2 Å². The first-order valence-electron chi connectivity index (χ1n) is 10.9. The van der Waals surface area contributed by atoms with Crippen LogP contribution in [-0.4, -0.2) is 56.2 Å². The summed E-state index contributed by atoms with van der Waals surface area (Å²) < 4.78 is 11.4. The number of piperidine rings is 1. The fourth-order valence-corrected chi connectivity index (χ4v) is 3.86. The van der Waals surface area contributed by atoms with Gasteiger partial charge in [-0.2, -0.15) is 0 Å². The number of carbonyl (C=O) groups excluding carboxylic acids is 1. The van der Waals surface area contributed by atoms with Crippen molar-refractivity contribution in [1.82, 2.24) is 9.88 Å². The van der Waals surface area contributed by atoms with Crippen LogP contribution >= 0.6 is 0 Å². The molecule has 6 heteroatoms. The smallest absolute Gasteiger partial charge is 0.253 e. The molecule has 0 radical (unpaired) electrons. The Labute approximate surface area is 189 Å². The molecule has 3 aromatic rings. The van der Waals surface area contributed by atoms with Crippen molar-refractivity contribution in [3.05, 3.63) is 72.4 Å². The maximum absolute atomic E-state index is 12.8. The molecule has 1 fully saturated rings. The van der Waals surface area contributed by atoms with E-state index >= 15 is 0 Å². The second-order valence-corrected chi connectivity index (χ2v) is 8.17. The monoisotopic (exact) mass is 431 g/mol. The van der Waals surface area contributed by atoms with Crippen LogP contribution in [0.15, 0.2) is 66.9 Å². The van der Waals surface area contributed by atoms with Crippen LogP contribution < -0.4 is 14.4 Å². The maximum Gasteiger partial charge on any atom is 0.253 e. The van der Waals surface area contributed by atoms with Crippen LogP contribution in [0.1, 0.15) is 23.2 Å². The Kier molecular flexibility index (Phi) is 6.59. The van der Waals surface area contributed by atoms with Gasteiger partial charge in [0.05, 0.1) is 7.11 Å². The number of rotatable bonds is 6. The highest BCUT2D eigenvalue weighted by molar-refractivity contribution is 5.94. The van der Waals surface area contributed by atoms with E-state index in [0.717, 1.165) is 35.5 Å². The van der Waals surface area contributed by atoms with Crippen LogP contribution in [0.4, 0.5) is 5.82 Å². The summed E-state index contributed by atoms with van der Waals surface area (Å²) in [5.41, 5.74) is 2.84. The number of methoxy groups -OCH3 is 1. The fourth-order valence-electron chi connectivity index (χ4n) is 3.86. The van der Waals surface area contributed by atoms with Gasteiger partial charge in [-0.05, 0) is 48.0 Å². The number of hydrogen-bond acceptors (Lipinski definition) is 5. The lowest BCUT2D eigenvalue weighted by Crippen LogP contribution is -2.41. The van der Waals surface area contributed by atoms with Crippen LogP contribution in [-0.2, 0) is 0 Å². The molecular weight excluding hydrogens is 402 g/mol. The molecular formula is C26H29N3O3. The Morgan fingerprint density at radius 2 is 1.69 bits per heavy atom. The molecule has 2 heterocycles. The lowest BCUT2D eigenvalue weighted by molar-refractivity contribution is 0.0595. The Morgan fingerprint density at radius 3 is 2.31 bits per heavy atom. The van der Waals surface area contributed by atoms with Crippen molar-refractivity contribution in [1.29, 1.82) is 0 Å². The van der Waals surface area contributed by atoms with E-state index in [-0.39, 0.29) is 12.0 Å². The van der Waals surface area contributed by atoms with Gasteiger partial charge in [-0.15, -0.1) is 0 Å². The molecule has 0 aliphatic carbocycles. The third-order valence-electron chi connectivity index (χ3n) is 5.74. The fraction of sp³-hybridized carbons (Fsp3) is 0.308. The molecule has 6 nitrogen and oxygen atoms in total. The standard InChI is InChI=1S/C26H29N3O3/c1-28(2)25-12-9-21(18-27-25)19-7-10-22(11-8-19)32-23-13-15-29(16-14-23)26(30)20-5-4-6-24(17-20)31-3/h4-12,17-18,23H,13-16H2,1-3H3. The second kappa shape index (κ2) is 9.73. The van der Waals surface area contributed by atoms with Crippen molar-refractivity contribution in [2.24, 2.45) is 0 Å². The third-order valence-corrected chi connectivity index (χ3v) is 5.74. The van der Waals surface area contributed by atoms with Crippen LogP contribution in [0, 0.1) is 0 Å². The number of benzene rings is 2. The molecule has 1 saturated heterocycles. The SMILES string of the molecule is COc1cccc(C(=O)N2CCC(Oc3ccc(-c4ccc(N(C)C)nc4)cc3)CC2)c1. The molecule has 0 unspecified atom stereocenters. The van der Waals surface area contributed by atoms with E-state index in [0.29, 0.717) is 24.4 Å². The van der Waals surface area contributed by atoms with E-state index in [4.69, 9.17) is 9.47 Å². The van der Waals surface area contributed by atoms with Gasteiger partial charge in [0, 0.05) is 57.4 Å². The molecule has 0 N–H and O–H groups in total. The predicted molar refractivity (Wildman–Crippen MR) is 127 cm³/mol. The highest BCUT2D eigenvalue weighted by Crippen LogP contribution is 2.26. The van der Waals surface area contributed by atoms with Crippen molar-refractivity contribution in [2.45, 2.75) is 18.9 Å². The van der Waals surface area contributed by atoms with Gasteiger partial charge in [0.15, 0.2) is 0 Å². The van der Waals surface area contributed by atoms with Gasteiger partial charge in [-0.3, -0.25) is 4.79 Å². The first kappa shape index (κ1) is 21.7. The van der Waals surface area contributed by atoms with Gasteiger partial charge < -0.3 is 19.3 Å². The van der Waals surface area contributed by atoms with Gasteiger partial charge in [-0.25, -0.2) is 4.98 Å². The molecule has 0 spiro atoms. The van der Waals surface area contributed by atoms with Crippen LogP contribution in [0.3, 0.4) is 0 Å². The van der Waals surface area contributed by atoms with Crippen molar-refractivity contribution >= 4 is 11.7 Å². The summed E-state index contributed by atoms with van der Waals surface area (Å²) in [6.45, 7) is 1.37. The normalized spacial score (nSPS) is 14.2. The van der Waals surface area contributed by atoms with Crippen LogP contribution in [0.5, 0.6) is 11.5 Å². The summed E-state index contributed by atoms with van der Waals surface area (Å²) in [6, 6.07) is 19.5. The molecule has 0 atom stereocenters. The molecule has 166 valence electrons. The van der Waals surface area contributed by atoms with E-state index in [1.807, 2.05) is 66.5 Å². The highest BCUT2D eigenvalue weighted by atomic mass is 16.5. The Morgan fingerprint density at radius 1 is 0.969 bits per heavy atom. The van der Waals surface area contributed by atoms with Gasteiger partial charge in [-0.1, -0.05) is 18.2 Å². The number of hydrogen-bond donors (Lipinski definition) is 0.